The van der Waals surface area contributed by atoms with E-state index in [4.69, 9.17) is 5.11 Å². The average molecular weight is 325 g/mol. The maximum atomic E-state index is 12.5. The number of hydrogen-bond acceptors (Lipinski definition) is 4. The monoisotopic (exact) mass is 325 g/mol. The Labute approximate surface area is 124 Å². The quantitative estimate of drug-likeness (QED) is 0.875. The number of aliphatic hydroxyl groups is 1. The second-order valence-corrected chi connectivity index (χ2v) is 5.51. The van der Waals surface area contributed by atoms with Gasteiger partial charge in [0.25, 0.3) is 0 Å². The molecule has 0 fully saturated rings. The van der Waals surface area contributed by atoms with Crippen molar-refractivity contribution in [1.82, 2.24) is 15.2 Å². The van der Waals surface area contributed by atoms with Crippen LogP contribution in [0.4, 0.5) is 18.0 Å². The summed E-state index contributed by atoms with van der Waals surface area (Å²) in [5.74, 6) is 0. The third-order valence-electron chi connectivity index (χ3n) is 3.06. The van der Waals surface area contributed by atoms with Crippen molar-refractivity contribution >= 4 is 17.4 Å². The molecular weight excluding hydrogens is 307 g/mol. The fraction of sp³-hybridized carbons (Fsp3) is 0.667. The van der Waals surface area contributed by atoms with Gasteiger partial charge in [-0.05, 0) is 13.3 Å². The fourth-order valence-electron chi connectivity index (χ4n) is 1.49. The minimum Gasteiger partial charge on any atom is -0.394 e. The summed E-state index contributed by atoms with van der Waals surface area (Å²) in [4.78, 5) is 16.8. The minimum absolute atomic E-state index is 0.198. The number of hydrogen-bond donors (Lipinski definition) is 2. The van der Waals surface area contributed by atoms with Crippen molar-refractivity contribution in [3.8, 4) is 0 Å². The van der Waals surface area contributed by atoms with Crippen molar-refractivity contribution in [1.29, 1.82) is 0 Å². The van der Waals surface area contributed by atoms with Crippen LogP contribution in [0.3, 0.4) is 0 Å². The van der Waals surface area contributed by atoms with Gasteiger partial charge in [-0.3, -0.25) is 0 Å². The lowest BCUT2D eigenvalue weighted by molar-refractivity contribution is -0.140. The molecule has 0 aliphatic carbocycles. The highest BCUT2D eigenvalue weighted by atomic mass is 32.1. The highest BCUT2D eigenvalue weighted by Gasteiger charge is 2.34. The van der Waals surface area contributed by atoms with Gasteiger partial charge in [0, 0.05) is 12.4 Å². The summed E-state index contributed by atoms with van der Waals surface area (Å²) in [6, 6.07) is -1.44. The zero-order valence-electron chi connectivity index (χ0n) is 11.9. The molecule has 0 aliphatic rings. The van der Waals surface area contributed by atoms with E-state index in [1.165, 1.54) is 11.9 Å². The van der Waals surface area contributed by atoms with Crippen LogP contribution in [0.5, 0.6) is 0 Å². The summed E-state index contributed by atoms with van der Waals surface area (Å²) >= 11 is 0.863. The molecule has 120 valence electrons. The number of likely N-dealkylation sites (N-methyl/N-ethyl adjacent to an activating group) is 1. The second-order valence-electron chi connectivity index (χ2n) is 4.62. The van der Waals surface area contributed by atoms with Gasteiger partial charge in [-0.1, -0.05) is 6.92 Å². The molecule has 1 aromatic heterocycles. The van der Waals surface area contributed by atoms with Gasteiger partial charge in [0.1, 0.15) is 5.01 Å². The zero-order chi connectivity index (χ0) is 16.2. The number of carbonyl (C=O) groups excluding carboxylic acids is 1. The topological polar surface area (TPSA) is 65.5 Å². The molecule has 0 saturated carbocycles. The van der Waals surface area contributed by atoms with Crippen LogP contribution in [0.15, 0.2) is 5.38 Å². The molecule has 0 aromatic carbocycles. The third kappa shape index (κ3) is 4.57. The number of nitrogens with zero attached hydrogens (tertiary/aromatic N) is 2. The minimum atomic E-state index is -4.49. The summed E-state index contributed by atoms with van der Waals surface area (Å²) in [5, 5.41) is 12.8. The molecule has 2 N–H and O–H groups in total. The normalized spacial score (nSPS) is 14.6. The number of nitrogens with one attached hydrogen (secondary N) is 1. The molecule has 0 saturated heterocycles. The Bertz CT molecular complexity index is 479. The molecule has 5 nitrogen and oxygen atoms in total. The van der Waals surface area contributed by atoms with E-state index >= 15 is 0 Å². The molecule has 0 spiro atoms. The molecule has 2 amide bonds. The highest BCUT2D eigenvalue weighted by molar-refractivity contribution is 7.09. The smallest absolute Gasteiger partial charge is 0.394 e. The molecule has 2 unspecified atom stereocenters. The van der Waals surface area contributed by atoms with Gasteiger partial charge in [-0.15, -0.1) is 11.3 Å². The lowest BCUT2D eigenvalue weighted by atomic mass is 10.2. The molecular formula is C12H18F3N3O2S. The van der Waals surface area contributed by atoms with Crippen LogP contribution in [0.1, 0.15) is 37.0 Å². The van der Waals surface area contributed by atoms with Gasteiger partial charge in [-0.25, -0.2) is 9.78 Å². The van der Waals surface area contributed by atoms with E-state index in [0.29, 0.717) is 6.42 Å². The Morgan fingerprint density at radius 3 is 2.62 bits per heavy atom. The van der Waals surface area contributed by atoms with Crippen LogP contribution in [0.2, 0.25) is 0 Å². The Hall–Kier alpha value is -1.35. The first kappa shape index (κ1) is 17.7. The van der Waals surface area contributed by atoms with Crippen molar-refractivity contribution in [2.24, 2.45) is 0 Å². The van der Waals surface area contributed by atoms with Crippen molar-refractivity contribution < 1.29 is 23.1 Å². The predicted octanol–water partition coefficient (Wildman–Crippen LogP) is 2.64. The van der Waals surface area contributed by atoms with Crippen LogP contribution in [-0.4, -0.2) is 40.7 Å². The maximum absolute atomic E-state index is 12.5. The molecule has 1 rings (SSSR count). The highest BCUT2D eigenvalue weighted by Crippen LogP contribution is 2.32. The van der Waals surface area contributed by atoms with Gasteiger partial charge < -0.3 is 15.3 Å². The lowest BCUT2D eigenvalue weighted by Crippen LogP contribution is -2.45. The number of thiazole rings is 1. The number of carbonyl (C=O) groups is 1. The Balaban J connectivity index is 2.80. The summed E-state index contributed by atoms with van der Waals surface area (Å²) in [7, 11) is 1.51. The second kappa shape index (κ2) is 7.08. The van der Waals surface area contributed by atoms with Crippen LogP contribution in [-0.2, 0) is 6.18 Å². The van der Waals surface area contributed by atoms with Crippen LogP contribution in [0.25, 0.3) is 0 Å². The molecule has 9 heteroatoms. The number of alkyl halides is 3. The third-order valence-corrected chi connectivity index (χ3v) is 4.02. The average Bonchev–Trinajstić information content (AvgIpc) is 2.92. The van der Waals surface area contributed by atoms with Gasteiger partial charge in [0.05, 0.1) is 18.7 Å². The number of urea groups is 1. The predicted molar refractivity (Wildman–Crippen MR) is 73.0 cm³/mol. The van der Waals surface area contributed by atoms with E-state index in [9.17, 15) is 18.0 Å². The lowest BCUT2D eigenvalue weighted by Gasteiger charge is -2.25. The molecule has 1 heterocycles. The largest absolute Gasteiger partial charge is 0.434 e. The zero-order valence-corrected chi connectivity index (χ0v) is 12.8. The SMILES string of the molecule is CCC(NC(=O)N(C)C(C)CO)c1nc(C(F)(F)F)cs1. The number of amides is 2. The molecule has 21 heavy (non-hydrogen) atoms. The molecule has 0 bridgehead atoms. The Morgan fingerprint density at radius 1 is 1.57 bits per heavy atom. The molecule has 2 atom stereocenters. The van der Waals surface area contributed by atoms with Crippen molar-refractivity contribution in [2.75, 3.05) is 13.7 Å². The molecule has 1 aromatic rings. The molecule has 0 aliphatic heterocycles. The maximum Gasteiger partial charge on any atom is 0.434 e. The van der Waals surface area contributed by atoms with Gasteiger partial charge in [-0.2, -0.15) is 13.2 Å². The summed E-state index contributed by atoms with van der Waals surface area (Å²) in [6.07, 6.45) is -4.07. The van der Waals surface area contributed by atoms with Crippen molar-refractivity contribution in [3.05, 3.63) is 16.1 Å². The number of rotatable bonds is 5. The van der Waals surface area contributed by atoms with E-state index in [-0.39, 0.29) is 17.7 Å². The van der Waals surface area contributed by atoms with Crippen molar-refractivity contribution in [2.45, 2.75) is 38.5 Å². The van der Waals surface area contributed by atoms with Crippen LogP contribution >= 0.6 is 11.3 Å². The van der Waals surface area contributed by atoms with Crippen molar-refractivity contribution in [3.63, 3.8) is 0 Å². The van der Waals surface area contributed by atoms with Crippen LogP contribution < -0.4 is 5.32 Å². The Kier molecular flexibility index (Phi) is 5.97. The summed E-state index contributed by atoms with van der Waals surface area (Å²) < 4.78 is 37.6. The number of aromatic nitrogens is 1. The van der Waals surface area contributed by atoms with Gasteiger partial charge in [0.2, 0.25) is 0 Å². The standard InChI is InChI=1S/C12H18F3N3O2S/c1-4-8(16-11(20)18(3)7(2)5-19)10-17-9(6-21-10)12(13,14)15/h6-8,19H,4-5H2,1-3H3,(H,16,20). The Morgan fingerprint density at radius 2 is 2.19 bits per heavy atom. The molecule has 0 radical (unpaired) electrons. The first-order valence-corrected chi connectivity index (χ1v) is 7.25. The van der Waals surface area contributed by atoms with E-state index < -0.39 is 23.9 Å². The van der Waals surface area contributed by atoms with Gasteiger partial charge in [0.15, 0.2) is 5.69 Å². The number of halogens is 3. The number of aliphatic hydroxyl groups excluding tert-OH is 1. The first-order chi connectivity index (χ1) is 9.70. The van der Waals surface area contributed by atoms with Gasteiger partial charge >= 0.3 is 12.2 Å². The van der Waals surface area contributed by atoms with E-state index in [1.807, 2.05) is 0 Å². The fourth-order valence-corrected chi connectivity index (χ4v) is 2.45. The van der Waals surface area contributed by atoms with E-state index in [1.54, 1.807) is 13.8 Å². The van der Waals surface area contributed by atoms with E-state index in [2.05, 4.69) is 10.3 Å². The summed E-state index contributed by atoms with van der Waals surface area (Å²) in [6.45, 7) is 3.21. The van der Waals surface area contributed by atoms with E-state index in [0.717, 1.165) is 16.7 Å². The van der Waals surface area contributed by atoms with Crippen LogP contribution in [0, 0.1) is 0 Å². The first-order valence-electron chi connectivity index (χ1n) is 6.37. The summed E-state index contributed by atoms with van der Waals surface area (Å²) in [5.41, 5.74) is -0.952.